The Morgan fingerprint density at radius 1 is 1.07 bits per heavy atom. The third-order valence-corrected chi connectivity index (χ3v) is 4.77. The highest BCUT2D eigenvalue weighted by molar-refractivity contribution is 5.89. The molecule has 0 unspecified atom stereocenters. The number of esters is 1. The van der Waals surface area contributed by atoms with Crippen LogP contribution in [0.25, 0.3) is 11.4 Å². The molecule has 0 amide bonds. The van der Waals surface area contributed by atoms with E-state index in [-0.39, 0.29) is 5.97 Å². The van der Waals surface area contributed by atoms with Crippen molar-refractivity contribution in [1.82, 2.24) is 9.97 Å². The summed E-state index contributed by atoms with van der Waals surface area (Å²) in [5, 5.41) is 3.27. The zero-order valence-electron chi connectivity index (χ0n) is 15.8. The van der Waals surface area contributed by atoms with Gasteiger partial charge in [0.15, 0.2) is 17.5 Å². The minimum atomic E-state index is -0.935. The van der Waals surface area contributed by atoms with Crippen LogP contribution in [0.3, 0.4) is 0 Å². The van der Waals surface area contributed by atoms with Crippen molar-refractivity contribution in [2.45, 2.75) is 26.2 Å². The highest BCUT2D eigenvalue weighted by atomic mass is 19.2. The van der Waals surface area contributed by atoms with Gasteiger partial charge in [0.25, 0.3) is 0 Å². The number of hydrogen-bond acceptors (Lipinski definition) is 5. The minimum absolute atomic E-state index is 0.318. The SMILES string of the molecule is CCOC(=O)c1ccc(Nc2nc(-c3ccc(F)c(F)c3)nc3c2CCC3)cc1. The number of hydrogen-bond donors (Lipinski definition) is 1. The summed E-state index contributed by atoms with van der Waals surface area (Å²) in [7, 11) is 0. The highest BCUT2D eigenvalue weighted by Gasteiger charge is 2.21. The molecular formula is C22H19F2N3O2. The highest BCUT2D eigenvalue weighted by Crippen LogP contribution is 2.31. The molecular weight excluding hydrogens is 376 g/mol. The van der Waals surface area contributed by atoms with Gasteiger partial charge >= 0.3 is 5.97 Å². The molecule has 7 heteroatoms. The number of aromatic nitrogens is 2. The second kappa shape index (κ2) is 7.95. The van der Waals surface area contributed by atoms with Gasteiger partial charge in [-0.3, -0.25) is 0 Å². The second-order valence-corrected chi connectivity index (χ2v) is 6.73. The lowest BCUT2D eigenvalue weighted by molar-refractivity contribution is 0.0526. The molecule has 29 heavy (non-hydrogen) atoms. The standard InChI is InChI=1S/C22H19F2N3O2/c1-2-29-22(28)13-6-9-15(10-7-13)25-21-16-4-3-5-19(16)26-20(27-21)14-8-11-17(23)18(24)12-14/h6-12H,2-5H2,1H3,(H,25,26,27). The van der Waals surface area contributed by atoms with Crippen molar-refractivity contribution in [3.63, 3.8) is 0 Å². The van der Waals surface area contributed by atoms with E-state index in [1.165, 1.54) is 6.07 Å². The second-order valence-electron chi connectivity index (χ2n) is 6.73. The topological polar surface area (TPSA) is 64.1 Å². The first kappa shape index (κ1) is 19.0. The van der Waals surface area contributed by atoms with E-state index in [1.54, 1.807) is 31.2 Å². The summed E-state index contributed by atoms with van der Waals surface area (Å²) in [5.74, 6) is -1.24. The summed E-state index contributed by atoms with van der Waals surface area (Å²) in [4.78, 5) is 20.9. The quantitative estimate of drug-likeness (QED) is 0.627. The summed E-state index contributed by atoms with van der Waals surface area (Å²) >= 11 is 0. The molecule has 1 heterocycles. The number of ether oxygens (including phenoxy) is 1. The fraction of sp³-hybridized carbons (Fsp3) is 0.227. The van der Waals surface area contributed by atoms with Gasteiger partial charge in [-0.15, -0.1) is 0 Å². The number of fused-ring (bicyclic) bond motifs is 1. The van der Waals surface area contributed by atoms with Crippen LogP contribution in [0, 0.1) is 11.6 Å². The molecule has 0 bridgehead atoms. The van der Waals surface area contributed by atoms with E-state index >= 15 is 0 Å². The Morgan fingerprint density at radius 3 is 2.59 bits per heavy atom. The van der Waals surface area contributed by atoms with Crippen molar-refractivity contribution in [2.75, 3.05) is 11.9 Å². The fourth-order valence-corrected chi connectivity index (χ4v) is 3.34. The maximum absolute atomic E-state index is 13.7. The number of halogens is 2. The van der Waals surface area contributed by atoms with Gasteiger partial charge in [-0.1, -0.05) is 0 Å². The lowest BCUT2D eigenvalue weighted by Gasteiger charge is -2.13. The fourth-order valence-electron chi connectivity index (χ4n) is 3.34. The van der Waals surface area contributed by atoms with Crippen LogP contribution in [0.5, 0.6) is 0 Å². The number of aryl methyl sites for hydroxylation is 1. The van der Waals surface area contributed by atoms with Gasteiger partial charge in [0.05, 0.1) is 12.2 Å². The Kier molecular flexibility index (Phi) is 5.20. The van der Waals surface area contributed by atoms with E-state index in [2.05, 4.69) is 15.3 Å². The van der Waals surface area contributed by atoms with Crippen LogP contribution in [0.15, 0.2) is 42.5 Å². The first-order valence-corrected chi connectivity index (χ1v) is 9.44. The minimum Gasteiger partial charge on any atom is -0.462 e. The number of anilines is 2. The smallest absolute Gasteiger partial charge is 0.338 e. The molecule has 0 radical (unpaired) electrons. The zero-order valence-corrected chi connectivity index (χ0v) is 15.8. The average Bonchev–Trinajstić information content (AvgIpc) is 3.20. The summed E-state index contributed by atoms with van der Waals surface area (Å²) in [6.07, 6.45) is 2.61. The maximum Gasteiger partial charge on any atom is 0.338 e. The van der Waals surface area contributed by atoms with Gasteiger partial charge in [-0.25, -0.2) is 23.5 Å². The molecule has 1 aromatic heterocycles. The zero-order chi connectivity index (χ0) is 20.4. The molecule has 1 aliphatic carbocycles. The van der Waals surface area contributed by atoms with Crippen molar-refractivity contribution >= 4 is 17.5 Å². The Hall–Kier alpha value is -3.35. The van der Waals surface area contributed by atoms with Crippen LogP contribution in [0.1, 0.15) is 35.0 Å². The normalized spacial score (nSPS) is 12.5. The summed E-state index contributed by atoms with van der Waals surface area (Å²) in [6, 6.07) is 10.5. The van der Waals surface area contributed by atoms with Gasteiger partial charge in [0, 0.05) is 22.5 Å². The number of nitrogens with one attached hydrogen (secondary N) is 1. The number of nitrogens with zero attached hydrogens (tertiary/aromatic N) is 2. The van der Waals surface area contributed by atoms with Crippen LogP contribution in [0.4, 0.5) is 20.3 Å². The van der Waals surface area contributed by atoms with Gasteiger partial charge in [-0.2, -0.15) is 0 Å². The lowest BCUT2D eigenvalue weighted by Crippen LogP contribution is -2.06. The Bertz CT molecular complexity index is 1070. The van der Waals surface area contributed by atoms with Crippen LogP contribution in [0.2, 0.25) is 0 Å². The molecule has 0 aliphatic heterocycles. The molecule has 0 fully saturated rings. The van der Waals surface area contributed by atoms with E-state index < -0.39 is 11.6 Å². The van der Waals surface area contributed by atoms with Crippen molar-refractivity contribution in [3.8, 4) is 11.4 Å². The predicted molar refractivity (Wildman–Crippen MR) is 105 cm³/mol. The maximum atomic E-state index is 13.7. The largest absolute Gasteiger partial charge is 0.462 e. The van der Waals surface area contributed by atoms with Gasteiger partial charge in [0.2, 0.25) is 0 Å². The molecule has 4 rings (SSSR count). The van der Waals surface area contributed by atoms with Crippen molar-refractivity contribution in [1.29, 1.82) is 0 Å². The molecule has 0 saturated heterocycles. The Balaban J connectivity index is 1.66. The van der Waals surface area contributed by atoms with Gasteiger partial charge in [0.1, 0.15) is 5.82 Å². The number of rotatable bonds is 5. The summed E-state index contributed by atoms with van der Waals surface area (Å²) in [5.41, 5.74) is 3.56. The van der Waals surface area contributed by atoms with Crippen molar-refractivity contribution in [3.05, 3.63) is 70.9 Å². The van der Waals surface area contributed by atoms with E-state index in [4.69, 9.17) is 4.74 Å². The molecule has 1 N–H and O–H groups in total. The molecule has 3 aromatic rings. The van der Waals surface area contributed by atoms with E-state index in [0.29, 0.717) is 29.4 Å². The van der Waals surface area contributed by atoms with E-state index in [0.717, 1.165) is 48.3 Å². The van der Waals surface area contributed by atoms with Crippen LogP contribution >= 0.6 is 0 Å². The number of carbonyl (C=O) groups excluding carboxylic acids is 1. The average molecular weight is 395 g/mol. The molecule has 148 valence electrons. The first-order valence-electron chi connectivity index (χ1n) is 9.44. The van der Waals surface area contributed by atoms with Crippen molar-refractivity contribution in [2.24, 2.45) is 0 Å². The third-order valence-electron chi connectivity index (χ3n) is 4.77. The predicted octanol–water partition coefficient (Wildman–Crippen LogP) is 4.83. The lowest BCUT2D eigenvalue weighted by atomic mass is 10.1. The van der Waals surface area contributed by atoms with Gasteiger partial charge < -0.3 is 10.1 Å². The molecule has 0 saturated carbocycles. The Labute approximate surface area is 166 Å². The van der Waals surface area contributed by atoms with Crippen molar-refractivity contribution < 1.29 is 18.3 Å². The number of benzene rings is 2. The van der Waals surface area contributed by atoms with Crippen LogP contribution < -0.4 is 5.32 Å². The van der Waals surface area contributed by atoms with E-state index in [9.17, 15) is 13.6 Å². The Morgan fingerprint density at radius 2 is 1.86 bits per heavy atom. The molecule has 0 atom stereocenters. The van der Waals surface area contributed by atoms with E-state index in [1.807, 2.05) is 0 Å². The van der Waals surface area contributed by atoms with Crippen LogP contribution in [-0.2, 0) is 17.6 Å². The summed E-state index contributed by atoms with van der Waals surface area (Å²) < 4.78 is 31.9. The molecule has 2 aromatic carbocycles. The monoisotopic (exact) mass is 395 g/mol. The molecule has 5 nitrogen and oxygen atoms in total. The molecule has 1 aliphatic rings. The summed E-state index contributed by atoms with van der Waals surface area (Å²) in [6.45, 7) is 2.08. The van der Waals surface area contributed by atoms with Gasteiger partial charge in [-0.05, 0) is 68.7 Å². The first-order chi connectivity index (χ1) is 14.0. The number of carbonyl (C=O) groups is 1. The third kappa shape index (κ3) is 3.94. The molecule has 0 spiro atoms. The van der Waals surface area contributed by atoms with Crippen LogP contribution in [-0.4, -0.2) is 22.5 Å².